The first-order valence-electron chi connectivity index (χ1n) is 22.8. The summed E-state index contributed by atoms with van der Waals surface area (Å²) in [5.41, 5.74) is 3.43. The second kappa shape index (κ2) is 26.4. The van der Waals surface area contributed by atoms with Gasteiger partial charge in [0.25, 0.3) is 0 Å². The molecule has 0 aliphatic heterocycles. The van der Waals surface area contributed by atoms with Gasteiger partial charge in [-0.25, -0.2) is 23.6 Å². The van der Waals surface area contributed by atoms with Gasteiger partial charge in [0.2, 0.25) is 0 Å². The fourth-order valence-corrected chi connectivity index (χ4v) is 7.18. The number of aryl methyl sites for hydroxylation is 2. The van der Waals surface area contributed by atoms with Crippen LogP contribution in [-0.4, -0.2) is 23.9 Å². The minimum absolute atomic E-state index is 0.120. The Morgan fingerprint density at radius 1 is 0.349 bits per heavy atom. The van der Waals surface area contributed by atoms with Crippen molar-refractivity contribution in [2.24, 2.45) is 0 Å². The SMILES string of the molecule is CCCCCCCCCCc1ccc(C(=O)Oc2ccc(C(=O)Oc3cc(F)cc(OC(=O)c4ccc(OC(=O)c5ccc(CCCCCCCCCC)cc5)cc4)c3)cc2)cc1. The molecule has 0 aromatic heterocycles. The van der Waals surface area contributed by atoms with Gasteiger partial charge in [-0.05, 0) is 110 Å². The summed E-state index contributed by atoms with van der Waals surface area (Å²) in [6.07, 6.45) is 22.1. The number of halogens is 1. The molecule has 63 heavy (non-hydrogen) atoms. The molecule has 0 unspecified atom stereocenters. The fourth-order valence-electron chi connectivity index (χ4n) is 7.18. The molecule has 0 bridgehead atoms. The van der Waals surface area contributed by atoms with Crippen LogP contribution in [0.25, 0.3) is 0 Å². The maximum Gasteiger partial charge on any atom is 0.343 e. The van der Waals surface area contributed by atoms with E-state index in [0.29, 0.717) is 11.1 Å². The highest BCUT2D eigenvalue weighted by atomic mass is 19.1. The summed E-state index contributed by atoms with van der Waals surface area (Å²) in [5.74, 6) is -3.35. The number of esters is 4. The standard InChI is InChI=1S/C54H61FO8/c1-3-5-7-9-11-13-15-17-19-40-21-25-42(26-22-40)51(56)60-47-33-29-44(30-34-47)53(58)62-49-37-46(55)38-50(39-49)63-54(59)45-31-35-48(36-32-45)61-52(57)43-27-23-41(24-28-43)20-18-16-14-12-10-8-6-4-2/h21-39H,3-20H2,1-2H3. The van der Waals surface area contributed by atoms with E-state index in [2.05, 4.69) is 13.8 Å². The van der Waals surface area contributed by atoms with Crippen LogP contribution in [0.2, 0.25) is 0 Å². The van der Waals surface area contributed by atoms with Crippen molar-refractivity contribution in [3.63, 3.8) is 0 Å². The highest BCUT2D eigenvalue weighted by Gasteiger charge is 2.16. The molecule has 0 saturated heterocycles. The maximum absolute atomic E-state index is 14.6. The van der Waals surface area contributed by atoms with E-state index in [0.717, 1.165) is 37.8 Å². The lowest BCUT2D eigenvalue weighted by atomic mass is 10.0. The molecule has 5 aromatic carbocycles. The van der Waals surface area contributed by atoms with Crippen molar-refractivity contribution in [2.45, 2.75) is 129 Å². The highest BCUT2D eigenvalue weighted by Crippen LogP contribution is 2.26. The van der Waals surface area contributed by atoms with Crippen molar-refractivity contribution in [2.75, 3.05) is 0 Å². The molecule has 5 rings (SSSR count). The molecule has 5 aromatic rings. The van der Waals surface area contributed by atoms with Crippen LogP contribution in [0.1, 0.15) is 169 Å². The molecular formula is C54H61FO8. The van der Waals surface area contributed by atoms with Gasteiger partial charge in [0.15, 0.2) is 0 Å². The van der Waals surface area contributed by atoms with Crippen LogP contribution in [0.5, 0.6) is 23.0 Å². The Bertz CT molecular complexity index is 2020. The summed E-state index contributed by atoms with van der Waals surface area (Å²) in [6.45, 7) is 4.46. The fraction of sp³-hybridized carbons (Fsp3) is 0.370. The number of hydrogen-bond acceptors (Lipinski definition) is 8. The first-order chi connectivity index (χ1) is 30.7. The van der Waals surface area contributed by atoms with Crippen LogP contribution in [0.15, 0.2) is 115 Å². The lowest BCUT2D eigenvalue weighted by molar-refractivity contribution is 0.0722. The average molecular weight is 857 g/mol. The van der Waals surface area contributed by atoms with Crippen LogP contribution in [-0.2, 0) is 12.8 Å². The average Bonchev–Trinajstić information content (AvgIpc) is 3.28. The van der Waals surface area contributed by atoms with Crippen molar-refractivity contribution >= 4 is 23.9 Å². The van der Waals surface area contributed by atoms with E-state index in [4.69, 9.17) is 18.9 Å². The van der Waals surface area contributed by atoms with E-state index in [-0.39, 0.29) is 34.1 Å². The van der Waals surface area contributed by atoms with Gasteiger partial charge in [-0.15, -0.1) is 0 Å². The van der Waals surface area contributed by atoms with Crippen molar-refractivity contribution < 1.29 is 42.5 Å². The molecule has 332 valence electrons. The van der Waals surface area contributed by atoms with E-state index >= 15 is 0 Å². The zero-order valence-corrected chi connectivity index (χ0v) is 36.8. The number of ether oxygens (including phenoxy) is 4. The molecule has 0 heterocycles. The molecule has 0 amide bonds. The zero-order chi connectivity index (χ0) is 44.7. The minimum Gasteiger partial charge on any atom is -0.423 e. The monoisotopic (exact) mass is 856 g/mol. The maximum atomic E-state index is 14.6. The Hall–Kier alpha value is -6.09. The van der Waals surface area contributed by atoms with E-state index in [1.54, 1.807) is 24.3 Å². The number of rotatable bonds is 26. The molecule has 8 nitrogen and oxygen atoms in total. The predicted molar refractivity (Wildman–Crippen MR) is 245 cm³/mol. The van der Waals surface area contributed by atoms with Gasteiger partial charge in [0.1, 0.15) is 28.8 Å². The Kier molecular flexibility index (Phi) is 20.1. The Labute approximate surface area is 372 Å². The minimum atomic E-state index is -0.803. The van der Waals surface area contributed by atoms with E-state index in [1.807, 2.05) is 24.3 Å². The number of benzene rings is 5. The van der Waals surface area contributed by atoms with Gasteiger partial charge >= 0.3 is 23.9 Å². The third kappa shape index (κ3) is 17.0. The van der Waals surface area contributed by atoms with E-state index in [1.165, 1.54) is 156 Å². The summed E-state index contributed by atoms with van der Waals surface area (Å²) in [4.78, 5) is 51.5. The summed E-state index contributed by atoms with van der Waals surface area (Å²) in [6, 6.07) is 29.6. The normalized spacial score (nSPS) is 10.9. The third-order valence-electron chi connectivity index (χ3n) is 10.9. The Morgan fingerprint density at radius 3 is 0.937 bits per heavy atom. The smallest absolute Gasteiger partial charge is 0.343 e. The summed E-state index contributed by atoms with van der Waals surface area (Å²) in [5, 5.41) is 0. The summed E-state index contributed by atoms with van der Waals surface area (Å²) >= 11 is 0. The molecule has 0 fully saturated rings. The van der Waals surface area contributed by atoms with Crippen molar-refractivity contribution in [1.82, 2.24) is 0 Å². The lowest BCUT2D eigenvalue weighted by Crippen LogP contribution is -2.12. The van der Waals surface area contributed by atoms with Gasteiger partial charge in [-0.2, -0.15) is 0 Å². The number of hydrogen-bond donors (Lipinski definition) is 0. The van der Waals surface area contributed by atoms with Crippen molar-refractivity contribution in [1.29, 1.82) is 0 Å². The van der Waals surface area contributed by atoms with Crippen molar-refractivity contribution in [3.05, 3.63) is 154 Å². The first kappa shape index (κ1) is 48.0. The van der Waals surface area contributed by atoms with Crippen LogP contribution in [0.4, 0.5) is 4.39 Å². The molecule has 0 aliphatic carbocycles. The number of carbonyl (C=O) groups excluding carboxylic acids is 4. The Morgan fingerprint density at radius 2 is 0.619 bits per heavy atom. The first-order valence-corrected chi connectivity index (χ1v) is 22.8. The van der Waals surface area contributed by atoms with Gasteiger partial charge < -0.3 is 18.9 Å². The van der Waals surface area contributed by atoms with Crippen LogP contribution in [0, 0.1) is 5.82 Å². The molecule has 9 heteroatoms. The van der Waals surface area contributed by atoms with E-state index < -0.39 is 29.7 Å². The quantitative estimate of drug-likeness (QED) is 0.0308. The summed E-state index contributed by atoms with van der Waals surface area (Å²) in [7, 11) is 0. The molecule has 0 saturated carbocycles. The Balaban J connectivity index is 1.04. The second-order valence-corrected chi connectivity index (χ2v) is 16.1. The van der Waals surface area contributed by atoms with Crippen LogP contribution < -0.4 is 18.9 Å². The van der Waals surface area contributed by atoms with Crippen molar-refractivity contribution in [3.8, 4) is 23.0 Å². The lowest BCUT2D eigenvalue weighted by Gasteiger charge is -2.10. The number of unbranched alkanes of at least 4 members (excludes halogenated alkanes) is 14. The van der Waals surface area contributed by atoms with Crippen LogP contribution >= 0.6 is 0 Å². The van der Waals surface area contributed by atoms with Gasteiger partial charge in [-0.3, -0.25) is 0 Å². The van der Waals surface area contributed by atoms with E-state index in [9.17, 15) is 23.6 Å². The molecular weight excluding hydrogens is 796 g/mol. The van der Waals surface area contributed by atoms with Gasteiger partial charge in [0, 0.05) is 18.2 Å². The molecule has 0 aliphatic rings. The predicted octanol–water partition coefficient (Wildman–Crippen LogP) is 14.1. The molecule has 0 radical (unpaired) electrons. The van der Waals surface area contributed by atoms with Gasteiger partial charge in [0.05, 0.1) is 22.3 Å². The van der Waals surface area contributed by atoms with Gasteiger partial charge in [-0.1, -0.05) is 128 Å². The highest BCUT2D eigenvalue weighted by molar-refractivity contribution is 5.94. The molecule has 0 spiro atoms. The molecule has 0 atom stereocenters. The largest absolute Gasteiger partial charge is 0.423 e. The third-order valence-corrected chi connectivity index (χ3v) is 10.9. The second-order valence-electron chi connectivity index (χ2n) is 16.1. The summed E-state index contributed by atoms with van der Waals surface area (Å²) < 4.78 is 36.4. The molecule has 0 N–H and O–H groups in total. The zero-order valence-electron chi connectivity index (χ0n) is 36.8. The number of carbonyl (C=O) groups is 4. The topological polar surface area (TPSA) is 105 Å². The van der Waals surface area contributed by atoms with Crippen LogP contribution in [0.3, 0.4) is 0 Å².